The number of benzene rings is 10. The van der Waals surface area contributed by atoms with Crippen LogP contribution in [0.5, 0.6) is 34.5 Å². The van der Waals surface area contributed by atoms with Crippen LogP contribution in [0.15, 0.2) is 206 Å². The van der Waals surface area contributed by atoms with Crippen molar-refractivity contribution >= 4 is 68.9 Å². The van der Waals surface area contributed by atoms with Crippen LogP contribution in [0.25, 0.3) is 56.0 Å². The molecule has 17 heteroatoms. The Morgan fingerprint density at radius 1 is 0.404 bits per heavy atom. The Morgan fingerprint density at radius 3 is 1.11 bits per heavy atom. The van der Waals surface area contributed by atoms with Crippen LogP contribution >= 0.6 is 0 Å². The molecule has 10 aromatic carbocycles. The fourth-order valence-electron chi connectivity index (χ4n) is 15.4. The van der Waals surface area contributed by atoms with Crippen LogP contribution in [0.3, 0.4) is 0 Å². The van der Waals surface area contributed by atoms with Crippen molar-refractivity contribution in [3.63, 3.8) is 0 Å². The van der Waals surface area contributed by atoms with Crippen LogP contribution in [-0.2, 0) is 67.3 Å². The predicted molar refractivity (Wildman–Crippen MR) is 424 cm³/mol. The van der Waals surface area contributed by atoms with E-state index in [1.165, 1.54) is 37.1 Å². The van der Waals surface area contributed by atoms with Gasteiger partial charge in [0.2, 0.25) is 0 Å². The second-order valence-electron chi connectivity index (χ2n) is 27.9. The molecule has 4 heterocycles. The van der Waals surface area contributed by atoms with Crippen molar-refractivity contribution in [1.29, 1.82) is 0 Å². The third-order valence-corrected chi connectivity index (χ3v) is 21.4. The van der Waals surface area contributed by atoms with E-state index in [-0.39, 0.29) is 52.1 Å². The standard InChI is InChI=1S/C92H92N2O15/c1-7-69(106-85(97)45-43-83(95)104-59-81-77-47-49-91(63-19-11-9-12-20-63,65-27-31-67(32-28-65)93-51-15-16-52-93)108-89(77)79-55-73(101-5)39-41-75(79)87(81)61-23-35-71(99-3)36-24-61)57-103-58-70(8-2)107-86(98)46-44-84(96)105-60-82-78-48-50-92(64-21-13-10-14-22-64,66-29-33-68(34-30-66)94-53-17-18-54-94)109-90(78)80-56-74(102-6)40-42-76(80)88(82)62-25-37-72(100-4)38-26-62/h9-14,19-42,47-50,55-56,69-70H,7-8,15-18,43-46,51-54,57-60H2,1-6H3. The minimum Gasteiger partial charge on any atom is -0.497 e. The summed E-state index contributed by atoms with van der Waals surface area (Å²) in [5.74, 6) is 1.45. The molecule has 10 aromatic rings. The smallest absolute Gasteiger partial charge is 0.306 e. The first kappa shape index (κ1) is 74.3. The van der Waals surface area contributed by atoms with Gasteiger partial charge in [0.1, 0.15) is 59.9 Å². The van der Waals surface area contributed by atoms with E-state index in [4.69, 9.17) is 52.1 Å². The van der Waals surface area contributed by atoms with E-state index >= 15 is 0 Å². The molecule has 0 aromatic heterocycles. The summed E-state index contributed by atoms with van der Waals surface area (Å²) in [5.41, 5.74) is 10.3. The van der Waals surface area contributed by atoms with Gasteiger partial charge in [-0.1, -0.05) is 135 Å². The van der Waals surface area contributed by atoms with E-state index in [0.717, 1.165) is 103 Å². The SMILES string of the molecule is CCC(COCC(CC)OC(=O)CCC(=O)OCc1c2c(c3cc(OC)ccc3c1-c1ccc(OC)cc1)OC(c1ccccc1)(c1ccc(N3CCCC3)cc1)C=C2)OC(=O)CCC(=O)OCc1c2c(c3cc(OC)ccc3c1-c1ccc(OC)cc1)OC(c1ccccc1)(c1ccc(N3CCCC3)cc1)C=C2. The van der Waals surface area contributed by atoms with Crippen LogP contribution < -0.4 is 38.2 Å². The lowest BCUT2D eigenvalue weighted by Gasteiger charge is -2.38. The van der Waals surface area contributed by atoms with Crippen molar-refractivity contribution in [3.8, 4) is 56.8 Å². The molecule has 14 rings (SSSR count). The van der Waals surface area contributed by atoms with Gasteiger partial charge in [-0.15, -0.1) is 0 Å². The molecule has 4 unspecified atom stereocenters. The van der Waals surface area contributed by atoms with Gasteiger partial charge in [0.05, 0.1) is 67.3 Å². The van der Waals surface area contributed by atoms with Gasteiger partial charge < -0.3 is 61.9 Å². The van der Waals surface area contributed by atoms with Crippen LogP contribution in [-0.4, -0.2) is 104 Å². The fraction of sp³-hybridized carbons (Fsp3) is 0.304. The van der Waals surface area contributed by atoms with Gasteiger partial charge in [-0.2, -0.15) is 0 Å². The highest BCUT2D eigenvalue weighted by molar-refractivity contribution is 6.07. The highest BCUT2D eigenvalue weighted by atomic mass is 16.6. The molecule has 4 aliphatic rings. The Hall–Kier alpha value is -11.6. The summed E-state index contributed by atoms with van der Waals surface area (Å²) in [4.78, 5) is 59.8. The number of fused-ring (bicyclic) bond motifs is 6. The number of carbonyl (C=O) groups is 4. The van der Waals surface area contributed by atoms with Gasteiger partial charge in [0.25, 0.3) is 0 Å². The summed E-state index contributed by atoms with van der Waals surface area (Å²) in [6.45, 7) is 7.55. The molecule has 109 heavy (non-hydrogen) atoms. The quantitative estimate of drug-likeness (QED) is 0.0307. The van der Waals surface area contributed by atoms with Crippen LogP contribution in [0.2, 0.25) is 0 Å². The zero-order valence-electron chi connectivity index (χ0n) is 62.7. The third kappa shape index (κ3) is 15.9. The molecule has 0 bridgehead atoms. The van der Waals surface area contributed by atoms with Crippen LogP contribution in [0, 0.1) is 0 Å². The maximum Gasteiger partial charge on any atom is 0.306 e. The molecule has 0 amide bonds. The molecule has 17 nitrogen and oxygen atoms in total. The highest BCUT2D eigenvalue weighted by Gasteiger charge is 2.42. The number of anilines is 2. The number of rotatable bonds is 30. The molecular formula is C92H92N2O15. The number of hydrogen-bond acceptors (Lipinski definition) is 17. The highest BCUT2D eigenvalue weighted by Crippen LogP contribution is 2.53. The van der Waals surface area contributed by atoms with Gasteiger partial charge in [-0.05, 0) is 169 Å². The topological polar surface area (TPSA) is 176 Å². The zero-order chi connectivity index (χ0) is 75.4. The number of carbonyl (C=O) groups excluding carboxylic acids is 4. The van der Waals surface area contributed by atoms with E-state index in [2.05, 4.69) is 107 Å². The normalized spacial score (nSPS) is 16.8. The van der Waals surface area contributed by atoms with Gasteiger partial charge in [-0.3, -0.25) is 19.2 Å². The number of methoxy groups -OCH3 is 4. The summed E-state index contributed by atoms with van der Waals surface area (Å²) in [7, 11) is 6.53. The maximum absolute atomic E-state index is 13.9. The molecule has 2 fully saturated rings. The third-order valence-electron chi connectivity index (χ3n) is 21.4. The number of nitrogens with zero attached hydrogens (tertiary/aromatic N) is 2. The second kappa shape index (κ2) is 33.7. The van der Waals surface area contributed by atoms with Crippen molar-refractivity contribution in [2.24, 2.45) is 0 Å². The Kier molecular flexibility index (Phi) is 23.0. The Balaban J connectivity index is 0.616. The minimum atomic E-state index is -1.04. The van der Waals surface area contributed by atoms with Crippen molar-refractivity contribution in [3.05, 3.63) is 251 Å². The molecule has 0 spiro atoms. The minimum absolute atomic E-state index is 0.00909. The molecule has 0 aliphatic carbocycles. The van der Waals surface area contributed by atoms with E-state index in [9.17, 15) is 19.2 Å². The van der Waals surface area contributed by atoms with E-state index in [0.29, 0.717) is 58.5 Å². The average Bonchev–Trinajstić information content (AvgIpc) is 1.04. The van der Waals surface area contributed by atoms with Crippen molar-refractivity contribution in [2.45, 2.75) is 115 Å². The summed E-state index contributed by atoms with van der Waals surface area (Å²) < 4.78 is 67.9. The van der Waals surface area contributed by atoms with Gasteiger partial charge in [0, 0.05) is 92.8 Å². The molecule has 0 radical (unpaired) electrons. The lowest BCUT2D eigenvalue weighted by atomic mass is 9.81. The Morgan fingerprint density at radius 2 is 0.752 bits per heavy atom. The van der Waals surface area contributed by atoms with E-state index in [1.54, 1.807) is 28.4 Å². The summed E-state index contributed by atoms with van der Waals surface area (Å²) >= 11 is 0. The predicted octanol–water partition coefficient (Wildman–Crippen LogP) is 18.3. The van der Waals surface area contributed by atoms with Crippen molar-refractivity contribution in [2.75, 3.05) is 77.6 Å². The Labute approximate surface area is 636 Å². The molecule has 4 atom stereocenters. The summed E-state index contributed by atoms with van der Waals surface area (Å²) in [5, 5.41) is 3.31. The summed E-state index contributed by atoms with van der Waals surface area (Å²) in [6.07, 6.45) is 11.5. The largest absolute Gasteiger partial charge is 0.497 e. The maximum atomic E-state index is 13.9. The lowest BCUT2D eigenvalue weighted by molar-refractivity contribution is -0.160. The number of hydrogen-bond donors (Lipinski definition) is 0. The molecule has 2 saturated heterocycles. The number of ether oxygens (including phenoxy) is 11. The van der Waals surface area contributed by atoms with Gasteiger partial charge in [0.15, 0.2) is 11.2 Å². The first-order valence-corrected chi connectivity index (χ1v) is 37.8. The fourth-order valence-corrected chi connectivity index (χ4v) is 15.4. The molecule has 4 aliphatic heterocycles. The molecule has 0 saturated carbocycles. The van der Waals surface area contributed by atoms with Crippen molar-refractivity contribution < 1.29 is 71.3 Å². The lowest BCUT2D eigenvalue weighted by Crippen LogP contribution is -2.34. The van der Waals surface area contributed by atoms with Gasteiger partial charge >= 0.3 is 23.9 Å². The van der Waals surface area contributed by atoms with E-state index < -0.39 is 47.3 Å². The van der Waals surface area contributed by atoms with Crippen molar-refractivity contribution in [1.82, 2.24) is 0 Å². The molecular weight excluding hydrogens is 1370 g/mol. The molecule has 0 N–H and O–H groups in total. The molecule has 560 valence electrons. The first-order valence-electron chi connectivity index (χ1n) is 37.8. The second-order valence-corrected chi connectivity index (χ2v) is 27.9. The van der Waals surface area contributed by atoms with Crippen LogP contribution in [0.1, 0.15) is 123 Å². The Bertz CT molecular complexity index is 4640. The zero-order valence-corrected chi connectivity index (χ0v) is 62.7. The van der Waals surface area contributed by atoms with E-state index in [1.807, 2.05) is 135 Å². The average molecular weight is 1470 g/mol. The monoisotopic (exact) mass is 1460 g/mol. The number of esters is 4. The first-order chi connectivity index (χ1) is 53.3. The van der Waals surface area contributed by atoms with Crippen LogP contribution in [0.4, 0.5) is 11.4 Å². The van der Waals surface area contributed by atoms with Gasteiger partial charge in [-0.25, -0.2) is 0 Å². The summed E-state index contributed by atoms with van der Waals surface area (Å²) in [6, 6.07) is 64.9.